The van der Waals surface area contributed by atoms with E-state index in [0.717, 1.165) is 17.8 Å². The molecule has 0 spiro atoms. The maximum absolute atomic E-state index is 2.73. The first-order valence-electron chi connectivity index (χ1n) is 6.46. The summed E-state index contributed by atoms with van der Waals surface area (Å²) in [7, 11) is 0. The summed E-state index contributed by atoms with van der Waals surface area (Å²) in [5.41, 5.74) is 0. The Hall–Kier alpha value is -0.0400. The highest BCUT2D eigenvalue weighted by atomic mass is 15.1. The van der Waals surface area contributed by atoms with E-state index in [2.05, 4.69) is 18.7 Å². The molecule has 0 amide bonds. The summed E-state index contributed by atoms with van der Waals surface area (Å²) in [4.78, 5) is 2.73. The summed E-state index contributed by atoms with van der Waals surface area (Å²) in [6, 6.07) is 0. The van der Waals surface area contributed by atoms with E-state index in [1.807, 2.05) is 0 Å². The van der Waals surface area contributed by atoms with Crippen LogP contribution in [-0.4, -0.2) is 24.5 Å². The minimum Gasteiger partial charge on any atom is -0.303 e. The van der Waals surface area contributed by atoms with Gasteiger partial charge < -0.3 is 4.90 Å². The summed E-state index contributed by atoms with van der Waals surface area (Å²) in [6.07, 6.45) is 7.39. The van der Waals surface area contributed by atoms with E-state index in [1.165, 1.54) is 51.7 Å². The van der Waals surface area contributed by atoms with Crippen LogP contribution in [0, 0.1) is 17.8 Å². The van der Waals surface area contributed by atoms with Gasteiger partial charge in [-0.2, -0.15) is 0 Å². The van der Waals surface area contributed by atoms with Crippen LogP contribution in [0.4, 0.5) is 0 Å². The third-order valence-corrected chi connectivity index (χ3v) is 3.62. The van der Waals surface area contributed by atoms with Crippen molar-refractivity contribution in [3.8, 4) is 0 Å². The number of likely N-dealkylation sites (tertiary alicyclic amines) is 1. The Morgan fingerprint density at radius 3 is 2.57 bits per heavy atom. The Balaban J connectivity index is 1.71. The van der Waals surface area contributed by atoms with Crippen molar-refractivity contribution in [2.75, 3.05) is 19.6 Å². The summed E-state index contributed by atoms with van der Waals surface area (Å²) in [6.45, 7) is 8.91. The standard InChI is InChI=1S/C13H25N/c1-11(2)8-13-4-3-7-14(10-13)9-12-5-6-12/h11-13H,3-10H2,1-2H3. The zero-order valence-electron chi connectivity index (χ0n) is 9.84. The van der Waals surface area contributed by atoms with Crippen LogP contribution >= 0.6 is 0 Å². The fraction of sp³-hybridized carbons (Fsp3) is 1.00. The number of piperidine rings is 1. The van der Waals surface area contributed by atoms with Gasteiger partial charge in [-0.25, -0.2) is 0 Å². The molecule has 2 fully saturated rings. The molecule has 1 saturated heterocycles. The minimum atomic E-state index is 0.890. The Bertz CT molecular complexity index is 162. The zero-order valence-corrected chi connectivity index (χ0v) is 9.84. The van der Waals surface area contributed by atoms with Crippen LogP contribution in [0.3, 0.4) is 0 Å². The van der Waals surface area contributed by atoms with Crippen molar-refractivity contribution in [3.05, 3.63) is 0 Å². The molecule has 0 aromatic rings. The lowest BCUT2D eigenvalue weighted by molar-refractivity contribution is 0.154. The lowest BCUT2D eigenvalue weighted by Gasteiger charge is -2.33. The van der Waals surface area contributed by atoms with Crippen molar-refractivity contribution in [2.45, 2.75) is 46.0 Å². The van der Waals surface area contributed by atoms with Crippen LogP contribution in [-0.2, 0) is 0 Å². The van der Waals surface area contributed by atoms with Gasteiger partial charge in [0.2, 0.25) is 0 Å². The molecule has 0 radical (unpaired) electrons. The van der Waals surface area contributed by atoms with Crippen molar-refractivity contribution < 1.29 is 0 Å². The van der Waals surface area contributed by atoms with Gasteiger partial charge in [0.1, 0.15) is 0 Å². The fourth-order valence-electron chi connectivity index (χ4n) is 2.84. The van der Waals surface area contributed by atoms with E-state index >= 15 is 0 Å². The molecule has 2 aliphatic rings. The van der Waals surface area contributed by atoms with E-state index in [1.54, 1.807) is 0 Å². The smallest absolute Gasteiger partial charge is 0.000988 e. The van der Waals surface area contributed by atoms with Gasteiger partial charge in [-0.3, -0.25) is 0 Å². The lowest BCUT2D eigenvalue weighted by Crippen LogP contribution is -2.37. The molecule has 1 aliphatic carbocycles. The molecule has 14 heavy (non-hydrogen) atoms. The molecule has 1 aliphatic heterocycles. The van der Waals surface area contributed by atoms with E-state index in [0.29, 0.717) is 0 Å². The van der Waals surface area contributed by atoms with Crippen LogP contribution in [0.2, 0.25) is 0 Å². The van der Waals surface area contributed by atoms with Gasteiger partial charge in [-0.05, 0) is 56.4 Å². The first-order valence-corrected chi connectivity index (χ1v) is 6.46. The molecule has 0 N–H and O–H groups in total. The second-order valence-electron chi connectivity index (χ2n) is 5.84. The minimum absolute atomic E-state index is 0.890. The summed E-state index contributed by atoms with van der Waals surface area (Å²) >= 11 is 0. The third kappa shape index (κ3) is 3.27. The fourth-order valence-corrected chi connectivity index (χ4v) is 2.84. The highest BCUT2D eigenvalue weighted by molar-refractivity contribution is 4.81. The normalized spacial score (nSPS) is 29.8. The first-order chi connectivity index (χ1) is 6.74. The molecule has 0 bridgehead atoms. The van der Waals surface area contributed by atoms with Crippen LogP contribution in [0.15, 0.2) is 0 Å². The second kappa shape index (κ2) is 4.65. The van der Waals surface area contributed by atoms with Crippen LogP contribution in [0.1, 0.15) is 46.0 Å². The van der Waals surface area contributed by atoms with Gasteiger partial charge in [0, 0.05) is 13.1 Å². The van der Waals surface area contributed by atoms with Crippen molar-refractivity contribution in [2.24, 2.45) is 17.8 Å². The molecule has 82 valence electrons. The lowest BCUT2D eigenvalue weighted by atomic mass is 9.89. The van der Waals surface area contributed by atoms with Gasteiger partial charge >= 0.3 is 0 Å². The Labute approximate surface area is 88.9 Å². The molecule has 1 saturated carbocycles. The zero-order chi connectivity index (χ0) is 9.97. The van der Waals surface area contributed by atoms with Gasteiger partial charge in [0.05, 0.1) is 0 Å². The number of rotatable bonds is 4. The summed E-state index contributed by atoms with van der Waals surface area (Å²) in [5, 5.41) is 0. The Kier molecular flexibility index (Phi) is 3.48. The number of hydrogen-bond donors (Lipinski definition) is 0. The Morgan fingerprint density at radius 1 is 1.14 bits per heavy atom. The quantitative estimate of drug-likeness (QED) is 0.666. The number of hydrogen-bond acceptors (Lipinski definition) is 1. The van der Waals surface area contributed by atoms with Gasteiger partial charge in [0.25, 0.3) is 0 Å². The SMILES string of the molecule is CC(C)CC1CCCN(CC2CC2)C1. The second-order valence-corrected chi connectivity index (χ2v) is 5.84. The average Bonchev–Trinajstić information content (AvgIpc) is 2.87. The van der Waals surface area contributed by atoms with E-state index in [4.69, 9.17) is 0 Å². The van der Waals surface area contributed by atoms with E-state index < -0.39 is 0 Å². The van der Waals surface area contributed by atoms with Gasteiger partial charge in [0.15, 0.2) is 0 Å². The molecular weight excluding hydrogens is 170 g/mol. The largest absolute Gasteiger partial charge is 0.303 e. The molecule has 1 nitrogen and oxygen atoms in total. The van der Waals surface area contributed by atoms with Crippen molar-refractivity contribution in [1.82, 2.24) is 4.90 Å². The molecule has 1 unspecified atom stereocenters. The topological polar surface area (TPSA) is 3.24 Å². The Morgan fingerprint density at radius 2 is 1.93 bits per heavy atom. The van der Waals surface area contributed by atoms with Gasteiger partial charge in [-0.1, -0.05) is 13.8 Å². The monoisotopic (exact) mass is 195 g/mol. The van der Waals surface area contributed by atoms with Crippen molar-refractivity contribution in [3.63, 3.8) is 0 Å². The molecular formula is C13H25N. The molecule has 1 heterocycles. The average molecular weight is 195 g/mol. The molecule has 2 rings (SSSR count). The molecule has 1 atom stereocenters. The highest BCUT2D eigenvalue weighted by Crippen LogP contribution is 2.32. The van der Waals surface area contributed by atoms with Gasteiger partial charge in [-0.15, -0.1) is 0 Å². The molecule has 1 heteroatoms. The van der Waals surface area contributed by atoms with Crippen molar-refractivity contribution in [1.29, 1.82) is 0 Å². The highest BCUT2D eigenvalue weighted by Gasteiger charge is 2.27. The third-order valence-electron chi connectivity index (χ3n) is 3.62. The summed E-state index contributed by atoms with van der Waals surface area (Å²) < 4.78 is 0. The van der Waals surface area contributed by atoms with Crippen LogP contribution < -0.4 is 0 Å². The van der Waals surface area contributed by atoms with E-state index in [9.17, 15) is 0 Å². The van der Waals surface area contributed by atoms with Crippen LogP contribution in [0.25, 0.3) is 0 Å². The maximum atomic E-state index is 2.73. The molecule has 0 aromatic carbocycles. The number of nitrogens with zero attached hydrogens (tertiary/aromatic N) is 1. The van der Waals surface area contributed by atoms with Crippen LogP contribution in [0.5, 0.6) is 0 Å². The predicted molar refractivity (Wildman–Crippen MR) is 61.3 cm³/mol. The van der Waals surface area contributed by atoms with Crippen molar-refractivity contribution >= 4 is 0 Å². The first kappa shape index (κ1) is 10.5. The van der Waals surface area contributed by atoms with E-state index in [-0.39, 0.29) is 0 Å². The molecule has 0 aromatic heterocycles. The maximum Gasteiger partial charge on any atom is 0.000988 e. The summed E-state index contributed by atoms with van der Waals surface area (Å²) in [5.74, 6) is 2.97. The predicted octanol–water partition coefficient (Wildman–Crippen LogP) is 3.15.